The number of halogens is 3. The van der Waals surface area contributed by atoms with Gasteiger partial charge in [0.1, 0.15) is 11.6 Å². The van der Waals surface area contributed by atoms with Crippen LogP contribution in [-0.4, -0.2) is 31.6 Å². The molecule has 0 unspecified atom stereocenters. The molecule has 0 bridgehead atoms. The fraction of sp³-hybridized carbons (Fsp3) is 0.185. The number of ether oxygens (including phenoxy) is 1. The van der Waals surface area contributed by atoms with Crippen molar-refractivity contribution < 1.29 is 22.7 Å². The third-order valence-corrected chi connectivity index (χ3v) is 6.13. The number of para-hydroxylation sites is 2. The van der Waals surface area contributed by atoms with E-state index in [0.717, 1.165) is 11.6 Å². The van der Waals surface area contributed by atoms with Crippen LogP contribution in [0.2, 0.25) is 0 Å². The number of benzene rings is 3. The van der Waals surface area contributed by atoms with E-state index in [1.165, 1.54) is 6.20 Å². The maximum absolute atomic E-state index is 14.6. The van der Waals surface area contributed by atoms with Crippen LogP contribution < -0.4 is 15.0 Å². The molecule has 178 valence electrons. The molecule has 1 aromatic heterocycles. The first kappa shape index (κ1) is 22.7. The van der Waals surface area contributed by atoms with Gasteiger partial charge in [-0.15, -0.1) is 0 Å². The van der Waals surface area contributed by atoms with Crippen molar-refractivity contribution in [3.8, 4) is 16.9 Å². The van der Waals surface area contributed by atoms with Crippen LogP contribution in [0.15, 0.2) is 60.8 Å². The summed E-state index contributed by atoms with van der Waals surface area (Å²) in [5.74, 6) is -3.20. The Morgan fingerprint density at radius 2 is 1.86 bits per heavy atom. The number of fused-ring (bicyclic) bond motifs is 2. The molecule has 5 rings (SSSR count). The molecule has 0 saturated carbocycles. The average Bonchev–Trinajstić information content (AvgIpc) is 2.85. The maximum Gasteiger partial charge on any atom is 0.232 e. The van der Waals surface area contributed by atoms with Gasteiger partial charge < -0.3 is 15.0 Å². The van der Waals surface area contributed by atoms with Crippen molar-refractivity contribution in [2.45, 2.75) is 12.3 Å². The van der Waals surface area contributed by atoms with Crippen LogP contribution in [0.5, 0.6) is 5.75 Å². The lowest BCUT2D eigenvalue weighted by atomic mass is 9.92. The number of nitrogens with zero attached hydrogens (tertiary/aromatic N) is 2. The van der Waals surface area contributed by atoms with E-state index < -0.39 is 17.5 Å². The minimum atomic E-state index is -1.27. The second kappa shape index (κ2) is 8.94. The van der Waals surface area contributed by atoms with Crippen LogP contribution in [0.1, 0.15) is 17.9 Å². The normalized spacial score (nSPS) is 14.8. The monoisotopic (exact) mass is 477 g/mol. The van der Waals surface area contributed by atoms with Crippen LogP contribution in [0.3, 0.4) is 0 Å². The predicted molar refractivity (Wildman–Crippen MR) is 129 cm³/mol. The highest BCUT2D eigenvalue weighted by Crippen LogP contribution is 2.39. The summed E-state index contributed by atoms with van der Waals surface area (Å²) in [5.41, 5.74) is 2.32. The summed E-state index contributed by atoms with van der Waals surface area (Å²) >= 11 is 0. The molecule has 0 radical (unpaired) electrons. The molecule has 5 nitrogen and oxygen atoms in total. The minimum absolute atomic E-state index is 0.195. The zero-order valence-electron chi connectivity index (χ0n) is 19.1. The van der Waals surface area contributed by atoms with E-state index in [0.29, 0.717) is 47.1 Å². The number of pyridine rings is 1. The van der Waals surface area contributed by atoms with Gasteiger partial charge in [-0.2, -0.15) is 0 Å². The van der Waals surface area contributed by atoms with E-state index in [2.05, 4.69) is 10.3 Å². The Labute approximate surface area is 200 Å². The smallest absolute Gasteiger partial charge is 0.232 e. The Morgan fingerprint density at radius 3 is 2.66 bits per heavy atom. The van der Waals surface area contributed by atoms with Gasteiger partial charge in [-0.05, 0) is 18.6 Å². The van der Waals surface area contributed by atoms with Gasteiger partial charge in [0.25, 0.3) is 0 Å². The summed E-state index contributed by atoms with van der Waals surface area (Å²) < 4.78 is 48.1. The Balaban J connectivity index is 1.59. The van der Waals surface area contributed by atoms with Crippen molar-refractivity contribution >= 4 is 28.2 Å². The van der Waals surface area contributed by atoms with E-state index in [4.69, 9.17) is 4.74 Å². The summed E-state index contributed by atoms with van der Waals surface area (Å²) in [6, 6.07) is 13.9. The van der Waals surface area contributed by atoms with Crippen molar-refractivity contribution in [1.82, 2.24) is 4.98 Å². The Kier molecular flexibility index (Phi) is 5.80. The molecule has 0 aliphatic carbocycles. The fourth-order valence-electron chi connectivity index (χ4n) is 4.59. The van der Waals surface area contributed by atoms with E-state index in [-0.39, 0.29) is 23.0 Å². The zero-order chi connectivity index (χ0) is 24.7. The second-order valence-electron chi connectivity index (χ2n) is 8.58. The van der Waals surface area contributed by atoms with Crippen LogP contribution >= 0.6 is 0 Å². The predicted octanol–water partition coefficient (Wildman–Crippen LogP) is 5.89. The molecule has 1 aliphatic heterocycles. The number of carbonyl (C=O) groups excluding carboxylic acids is 1. The largest absolute Gasteiger partial charge is 0.493 e. The fourth-order valence-corrected chi connectivity index (χ4v) is 4.59. The van der Waals surface area contributed by atoms with E-state index in [1.54, 1.807) is 18.2 Å². The van der Waals surface area contributed by atoms with Crippen LogP contribution in [0.4, 0.5) is 24.5 Å². The molecule has 35 heavy (non-hydrogen) atoms. The van der Waals surface area contributed by atoms with Crippen molar-refractivity contribution in [3.05, 3.63) is 83.8 Å². The average molecular weight is 477 g/mol. The van der Waals surface area contributed by atoms with Crippen molar-refractivity contribution in [3.63, 3.8) is 0 Å². The van der Waals surface area contributed by atoms with Gasteiger partial charge in [0.2, 0.25) is 5.91 Å². The summed E-state index contributed by atoms with van der Waals surface area (Å²) in [4.78, 5) is 19.6. The first-order chi connectivity index (χ1) is 16.8. The van der Waals surface area contributed by atoms with Gasteiger partial charge in [-0.25, -0.2) is 13.2 Å². The summed E-state index contributed by atoms with van der Waals surface area (Å²) in [6.45, 7) is 0.435. The standard InChI is InChI=1S/C27H22F3N3O2/c1-33(2)26-19-8-5-7-17(20-12-15(28)13-21(29)24(20)30)25(19)31-14-22(26)32-27(34)18-10-11-35-23-9-4-3-6-16(18)23/h3-9,12-14,18H,10-11H2,1-2H3,(H,32,34)/t18-/m1/s1. The number of hydrogen-bond donors (Lipinski definition) is 1. The lowest BCUT2D eigenvalue weighted by Crippen LogP contribution is -2.27. The number of anilines is 2. The van der Waals surface area contributed by atoms with Gasteiger partial charge >= 0.3 is 0 Å². The SMILES string of the molecule is CN(C)c1c(NC(=O)[C@@H]2CCOc3ccccc32)cnc2c(-c3cc(F)cc(F)c3F)cccc12. The van der Waals surface area contributed by atoms with Crippen LogP contribution in [0.25, 0.3) is 22.0 Å². The molecule has 0 fully saturated rings. The number of aromatic nitrogens is 1. The molecule has 1 aliphatic rings. The Hall–Kier alpha value is -4.07. The third kappa shape index (κ3) is 4.05. The van der Waals surface area contributed by atoms with Crippen LogP contribution in [0, 0.1) is 17.5 Å². The van der Waals surface area contributed by atoms with Crippen molar-refractivity contribution in [1.29, 1.82) is 0 Å². The third-order valence-electron chi connectivity index (χ3n) is 6.13. The molecule has 4 aromatic rings. The molecule has 1 atom stereocenters. The highest BCUT2D eigenvalue weighted by molar-refractivity contribution is 6.08. The topological polar surface area (TPSA) is 54.5 Å². The van der Waals surface area contributed by atoms with Crippen LogP contribution in [-0.2, 0) is 4.79 Å². The molecular weight excluding hydrogens is 455 g/mol. The van der Waals surface area contributed by atoms with Gasteiger partial charge in [0.15, 0.2) is 11.6 Å². The van der Waals surface area contributed by atoms with Crippen molar-refractivity contribution in [2.75, 3.05) is 30.9 Å². The second-order valence-corrected chi connectivity index (χ2v) is 8.58. The highest BCUT2D eigenvalue weighted by Gasteiger charge is 2.28. The van der Waals surface area contributed by atoms with E-state index in [9.17, 15) is 18.0 Å². The summed E-state index contributed by atoms with van der Waals surface area (Å²) in [7, 11) is 3.62. The van der Waals surface area contributed by atoms with Gasteiger partial charge in [0, 0.05) is 42.2 Å². The number of amides is 1. The van der Waals surface area contributed by atoms with E-state index in [1.807, 2.05) is 43.3 Å². The molecular formula is C27H22F3N3O2. The first-order valence-electron chi connectivity index (χ1n) is 11.1. The molecule has 2 heterocycles. The molecule has 0 saturated heterocycles. The lowest BCUT2D eigenvalue weighted by molar-refractivity contribution is -0.118. The van der Waals surface area contributed by atoms with Gasteiger partial charge in [0.05, 0.1) is 35.6 Å². The number of rotatable bonds is 4. The molecule has 0 spiro atoms. The van der Waals surface area contributed by atoms with Crippen molar-refractivity contribution in [2.24, 2.45) is 0 Å². The maximum atomic E-state index is 14.6. The number of carbonyl (C=O) groups is 1. The van der Waals surface area contributed by atoms with E-state index >= 15 is 0 Å². The van der Waals surface area contributed by atoms with Gasteiger partial charge in [-0.1, -0.05) is 36.4 Å². The molecule has 1 amide bonds. The number of hydrogen-bond acceptors (Lipinski definition) is 4. The van der Waals surface area contributed by atoms with Gasteiger partial charge in [-0.3, -0.25) is 9.78 Å². The summed E-state index contributed by atoms with van der Waals surface area (Å²) in [5, 5.41) is 3.59. The molecule has 3 aromatic carbocycles. The lowest BCUT2D eigenvalue weighted by Gasteiger charge is -2.26. The Morgan fingerprint density at radius 1 is 1.06 bits per heavy atom. The Bertz CT molecular complexity index is 1460. The highest BCUT2D eigenvalue weighted by atomic mass is 19.2. The molecule has 1 N–H and O–H groups in total. The quantitative estimate of drug-likeness (QED) is 0.373. The molecule has 8 heteroatoms. The first-order valence-corrected chi connectivity index (χ1v) is 11.1. The number of nitrogens with one attached hydrogen (secondary N) is 1. The summed E-state index contributed by atoms with van der Waals surface area (Å²) in [6.07, 6.45) is 2.02. The zero-order valence-corrected chi connectivity index (χ0v) is 19.1. The minimum Gasteiger partial charge on any atom is -0.493 e.